The third kappa shape index (κ3) is 3.81. The molecular weight excluding hydrogens is 312 g/mol. The van der Waals surface area contributed by atoms with Gasteiger partial charge in [0.1, 0.15) is 5.75 Å². The molecule has 0 spiro atoms. The lowest BCUT2D eigenvalue weighted by Crippen LogP contribution is -2.24. The Bertz CT molecular complexity index is 801. The van der Waals surface area contributed by atoms with Gasteiger partial charge in [0.25, 0.3) is 0 Å². The van der Waals surface area contributed by atoms with E-state index in [2.05, 4.69) is 15.5 Å². The summed E-state index contributed by atoms with van der Waals surface area (Å²) in [5, 5.41) is 11.7. The fourth-order valence-electron chi connectivity index (χ4n) is 2.04. The SMILES string of the molecule is COc1ccc(CNC(=O)CSc2nnc3ccccn23)cc1. The van der Waals surface area contributed by atoms with Crippen molar-refractivity contribution in [2.45, 2.75) is 11.7 Å². The number of nitrogens with one attached hydrogen (secondary N) is 1. The van der Waals surface area contributed by atoms with Gasteiger partial charge in [-0.15, -0.1) is 10.2 Å². The van der Waals surface area contributed by atoms with Gasteiger partial charge in [0.05, 0.1) is 12.9 Å². The van der Waals surface area contributed by atoms with Gasteiger partial charge in [0, 0.05) is 12.7 Å². The van der Waals surface area contributed by atoms with Crippen LogP contribution in [0.5, 0.6) is 5.75 Å². The summed E-state index contributed by atoms with van der Waals surface area (Å²) in [5.74, 6) is 1.05. The zero-order valence-electron chi connectivity index (χ0n) is 12.6. The standard InChI is InChI=1S/C16H16N4O2S/c1-22-13-7-5-12(6-8-13)10-17-15(21)11-23-16-19-18-14-4-2-3-9-20(14)16/h2-9H,10-11H2,1H3,(H,17,21). The lowest BCUT2D eigenvalue weighted by atomic mass is 10.2. The van der Waals surface area contributed by atoms with Crippen molar-refractivity contribution in [2.75, 3.05) is 12.9 Å². The normalized spacial score (nSPS) is 10.7. The Kier molecular flexibility index (Phi) is 4.77. The largest absolute Gasteiger partial charge is 0.497 e. The molecule has 3 aromatic rings. The number of methoxy groups -OCH3 is 1. The second-order valence-corrected chi connectivity index (χ2v) is 5.77. The van der Waals surface area contributed by atoms with Gasteiger partial charge in [-0.3, -0.25) is 9.20 Å². The highest BCUT2D eigenvalue weighted by atomic mass is 32.2. The first-order valence-electron chi connectivity index (χ1n) is 7.08. The van der Waals surface area contributed by atoms with Crippen molar-refractivity contribution in [1.82, 2.24) is 19.9 Å². The summed E-state index contributed by atoms with van der Waals surface area (Å²) >= 11 is 1.36. The molecule has 0 aliphatic rings. The number of benzene rings is 1. The van der Waals surface area contributed by atoms with Gasteiger partial charge in [0.2, 0.25) is 5.91 Å². The van der Waals surface area contributed by atoms with Crippen LogP contribution in [0.4, 0.5) is 0 Å². The third-order valence-corrected chi connectivity index (χ3v) is 4.21. The molecule has 0 bridgehead atoms. The third-order valence-electron chi connectivity index (χ3n) is 3.26. The number of nitrogens with zero attached hydrogens (tertiary/aromatic N) is 3. The molecule has 2 heterocycles. The minimum absolute atomic E-state index is 0.0431. The van der Waals surface area contributed by atoms with Gasteiger partial charge >= 0.3 is 0 Å². The number of hydrogen-bond donors (Lipinski definition) is 1. The van der Waals surface area contributed by atoms with Crippen molar-refractivity contribution in [3.8, 4) is 5.75 Å². The highest BCUT2D eigenvalue weighted by molar-refractivity contribution is 7.99. The molecule has 0 saturated heterocycles. The van der Waals surface area contributed by atoms with Crippen molar-refractivity contribution in [1.29, 1.82) is 0 Å². The maximum atomic E-state index is 12.0. The van der Waals surface area contributed by atoms with E-state index in [1.165, 1.54) is 11.8 Å². The fourth-order valence-corrected chi connectivity index (χ4v) is 2.80. The first-order chi connectivity index (χ1) is 11.3. The molecular formula is C16H16N4O2S. The first kappa shape index (κ1) is 15.4. The Morgan fingerprint density at radius 1 is 1.22 bits per heavy atom. The lowest BCUT2D eigenvalue weighted by molar-refractivity contribution is -0.118. The van der Waals surface area contributed by atoms with E-state index in [4.69, 9.17) is 4.74 Å². The summed E-state index contributed by atoms with van der Waals surface area (Å²) < 4.78 is 6.97. The van der Waals surface area contributed by atoms with E-state index in [-0.39, 0.29) is 5.91 Å². The molecule has 23 heavy (non-hydrogen) atoms. The van der Waals surface area contributed by atoms with Crippen molar-refractivity contribution >= 4 is 23.3 Å². The van der Waals surface area contributed by atoms with Gasteiger partial charge in [-0.25, -0.2) is 0 Å². The summed E-state index contributed by atoms with van der Waals surface area (Å²) in [4.78, 5) is 12.0. The smallest absolute Gasteiger partial charge is 0.230 e. The highest BCUT2D eigenvalue weighted by Crippen LogP contribution is 2.16. The topological polar surface area (TPSA) is 68.5 Å². The summed E-state index contributed by atoms with van der Waals surface area (Å²) in [6, 6.07) is 13.3. The molecule has 0 aliphatic carbocycles. The van der Waals surface area contributed by atoms with Crippen LogP contribution in [0.25, 0.3) is 5.65 Å². The fraction of sp³-hybridized carbons (Fsp3) is 0.188. The summed E-state index contributed by atoms with van der Waals surface area (Å²) in [5.41, 5.74) is 1.80. The molecule has 0 aliphatic heterocycles. The summed E-state index contributed by atoms with van der Waals surface area (Å²) in [6.45, 7) is 0.490. The minimum atomic E-state index is -0.0431. The second kappa shape index (κ2) is 7.15. The van der Waals surface area contributed by atoms with E-state index < -0.39 is 0 Å². The molecule has 7 heteroatoms. The minimum Gasteiger partial charge on any atom is -0.497 e. The van der Waals surface area contributed by atoms with Crippen molar-refractivity contribution < 1.29 is 9.53 Å². The Labute approximate surface area is 137 Å². The van der Waals surface area contributed by atoms with E-state index >= 15 is 0 Å². The van der Waals surface area contributed by atoms with Crippen LogP contribution < -0.4 is 10.1 Å². The Morgan fingerprint density at radius 2 is 2.04 bits per heavy atom. The zero-order valence-corrected chi connectivity index (χ0v) is 13.4. The number of aromatic nitrogens is 3. The summed E-state index contributed by atoms with van der Waals surface area (Å²) in [6.07, 6.45) is 1.88. The van der Waals surface area contributed by atoms with Crippen LogP contribution in [0.3, 0.4) is 0 Å². The molecule has 0 fully saturated rings. The van der Waals surface area contributed by atoms with Gasteiger partial charge in [-0.2, -0.15) is 0 Å². The maximum Gasteiger partial charge on any atom is 0.230 e. The van der Waals surface area contributed by atoms with E-state index in [0.717, 1.165) is 17.0 Å². The van der Waals surface area contributed by atoms with Crippen LogP contribution in [0.1, 0.15) is 5.56 Å². The van der Waals surface area contributed by atoms with Crippen LogP contribution in [0.15, 0.2) is 53.8 Å². The van der Waals surface area contributed by atoms with Crippen LogP contribution in [0.2, 0.25) is 0 Å². The van der Waals surface area contributed by atoms with Gasteiger partial charge in [0.15, 0.2) is 10.8 Å². The Hall–Kier alpha value is -2.54. The molecule has 1 amide bonds. The Morgan fingerprint density at radius 3 is 2.83 bits per heavy atom. The molecule has 1 aromatic carbocycles. The average molecular weight is 328 g/mol. The molecule has 118 valence electrons. The summed E-state index contributed by atoms with van der Waals surface area (Å²) in [7, 11) is 1.63. The monoisotopic (exact) mass is 328 g/mol. The predicted octanol–water partition coefficient (Wildman–Crippen LogP) is 2.15. The van der Waals surface area contributed by atoms with E-state index in [0.29, 0.717) is 17.5 Å². The van der Waals surface area contributed by atoms with Gasteiger partial charge < -0.3 is 10.1 Å². The number of amides is 1. The number of carbonyl (C=O) groups is 1. The number of hydrogen-bond acceptors (Lipinski definition) is 5. The van der Waals surface area contributed by atoms with Crippen LogP contribution >= 0.6 is 11.8 Å². The average Bonchev–Trinajstić information content (AvgIpc) is 3.02. The number of pyridine rings is 1. The number of thioether (sulfide) groups is 1. The number of fused-ring (bicyclic) bond motifs is 1. The lowest BCUT2D eigenvalue weighted by Gasteiger charge is -2.06. The highest BCUT2D eigenvalue weighted by Gasteiger charge is 2.08. The van der Waals surface area contributed by atoms with Crippen molar-refractivity contribution in [2.24, 2.45) is 0 Å². The van der Waals surface area contributed by atoms with Crippen LogP contribution in [-0.2, 0) is 11.3 Å². The first-order valence-corrected chi connectivity index (χ1v) is 8.07. The number of ether oxygens (including phenoxy) is 1. The van der Waals surface area contributed by atoms with E-state index in [1.54, 1.807) is 7.11 Å². The van der Waals surface area contributed by atoms with Gasteiger partial charge in [-0.05, 0) is 29.8 Å². The number of rotatable bonds is 6. The quantitative estimate of drug-likeness (QED) is 0.702. The zero-order chi connectivity index (χ0) is 16.1. The van der Waals surface area contributed by atoms with E-state index in [9.17, 15) is 4.79 Å². The van der Waals surface area contributed by atoms with Crippen LogP contribution in [0, 0.1) is 0 Å². The molecule has 6 nitrogen and oxygen atoms in total. The molecule has 3 rings (SSSR count). The second-order valence-electron chi connectivity index (χ2n) is 4.82. The molecule has 0 atom stereocenters. The van der Waals surface area contributed by atoms with Crippen molar-refractivity contribution in [3.05, 3.63) is 54.2 Å². The molecule has 0 unspecified atom stereocenters. The maximum absolute atomic E-state index is 12.0. The molecule has 1 N–H and O–H groups in total. The van der Waals surface area contributed by atoms with E-state index in [1.807, 2.05) is 53.1 Å². The number of carbonyl (C=O) groups excluding carboxylic acids is 1. The Balaban J connectivity index is 1.51. The predicted molar refractivity (Wildman–Crippen MR) is 88.6 cm³/mol. The van der Waals surface area contributed by atoms with Crippen molar-refractivity contribution in [3.63, 3.8) is 0 Å². The molecule has 0 radical (unpaired) electrons. The molecule has 2 aromatic heterocycles. The van der Waals surface area contributed by atoms with Gasteiger partial charge in [-0.1, -0.05) is 30.0 Å². The molecule has 0 saturated carbocycles. The van der Waals surface area contributed by atoms with Crippen LogP contribution in [-0.4, -0.2) is 33.4 Å².